The third-order valence-corrected chi connectivity index (χ3v) is 5.75. The smallest absolute Gasteiger partial charge is 0.416 e. The molecule has 1 amide bonds. The summed E-state index contributed by atoms with van der Waals surface area (Å²) in [7, 11) is 0. The standard InChI is InChI=1S/C23H21ClF3N3O2/c24-19-7-2-1-6-18(19)20-15-28-21(32-20)8-9-22(31)30-12-10-29(11-13-30)17-5-3-4-16(14-17)23(25,26)27/h1-7,14-15H,8-13H2. The largest absolute Gasteiger partial charge is 0.441 e. The number of nitrogens with zero attached hydrogens (tertiary/aromatic N) is 3. The molecule has 1 saturated heterocycles. The number of hydrogen-bond acceptors (Lipinski definition) is 4. The Kier molecular flexibility index (Phi) is 6.41. The van der Waals surface area contributed by atoms with E-state index in [1.807, 2.05) is 23.1 Å². The van der Waals surface area contributed by atoms with Gasteiger partial charge in [0, 0.05) is 50.3 Å². The van der Waals surface area contributed by atoms with Gasteiger partial charge >= 0.3 is 6.18 Å². The minimum Gasteiger partial charge on any atom is -0.441 e. The lowest BCUT2D eigenvalue weighted by atomic mass is 10.1. The first-order valence-electron chi connectivity index (χ1n) is 10.2. The van der Waals surface area contributed by atoms with Crippen molar-refractivity contribution in [3.63, 3.8) is 0 Å². The van der Waals surface area contributed by atoms with Crippen LogP contribution in [0.25, 0.3) is 11.3 Å². The van der Waals surface area contributed by atoms with Gasteiger partial charge in [0.2, 0.25) is 5.91 Å². The highest BCUT2D eigenvalue weighted by Gasteiger charge is 2.31. The lowest BCUT2D eigenvalue weighted by Crippen LogP contribution is -2.48. The van der Waals surface area contributed by atoms with Crippen LogP contribution in [0, 0.1) is 0 Å². The minimum absolute atomic E-state index is 0.0359. The fourth-order valence-electron chi connectivity index (χ4n) is 3.68. The Morgan fingerprint density at radius 1 is 1.06 bits per heavy atom. The van der Waals surface area contributed by atoms with E-state index in [1.165, 1.54) is 6.07 Å². The van der Waals surface area contributed by atoms with E-state index in [0.717, 1.165) is 17.7 Å². The van der Waals surface area contributed by atoms with Crippen LogP contribution in [-0.4, -0.2) is 42.0 Å². The van der Waals surface area contributed by atoms with Gasteiger partial charge in [-0.3, -0.25) is 4.79 Å². The van der Waals surface area contributed by atoms with Gasteiger partial charge in [-0.2, -0.15) is 13.2 Å². The van der Waals surface area contributed by atoms with Crippen molar-refractivity contribution in [3.05, 3.63) is 71.2 Å². The normalized spacial score (nSPS) is 14.6. The molecule has 0 saturated carbocycles. The molecule has 5 nitrogen and oxygen atoms in total. The number of aromatic nitrogens is 1. The summed E-state index contributed by atoms with van der Waals surface area (Å²) in [6.45, 7) is 1.85. The van der Waals surface area contributed by atoms with E-state index in [0.29, 0.717) is 55.0 Å². The summed E-state index contributed by atoms with van der Waals surface area (Å²) in [5, 5.41) is 0.560. The number of carbonyl (C=O) groups excluding carboxylic acids is 1. The van der Waals surface area contributed by atoms with Gasteiger partial charge in [0.15, 0.2) is 11.7 Å². The van der Waals surface area contributed by atoms with Crippen LogP contribution < -0.4 is 4.90 Å². The summed E-state index contributed by atoms with van der Waals surface area (Å²) in [6, 6.07) is 12.6. The molecule has 4 rings (SSSR count). The average Bonchev–Trinajstić information content (AvgIpc) is 3.26. The zero-order valence-electron chi connectivity index (χ0n) is 17.1. The maximum Gasteiger partial charge on any atom is 0.416 e. The first kappa shape index (κ1) is 22.2. The maximum atomic E-state index is 13.0. The SMILES string of the molecule is O=C(CCc1ncc(-c2ccccc2Cl)o1)N1CCN(c2cccc(C(F)(F)F)c2)CC1. The van der Waals surface area contributed by atoms with E-state index in [1.54, 1.807) is 23.2 Å². The fraction of sp³-hybridized carbons (Fsp3) is 0.304. The molecule has 0 aliphatic carbocycles. The van der Waals surface area contributed by atoms with Crippen molar-refractivity contribution in [1.29, 1.82) is 0 Å². The number of benzene rings is 2. The van der Waals surface area contributed by atoms with Crippen LogP contribution in [0.4, 0.5) is 18.9 Å². The lowest BCUT2D eigenvalue weighted by Gasteiger charge is -2.36. The van der Waals surface area contributed by atoms with Gasteiger partial charge in [-0.15, -0.1) is 0 Å². The molecule has 0 bridgehead atoms. The number of piperazine rings is 1. The molecule has 0 radical (unpaired) electrons. The second-order valence-corrected chi connectivity index (χ2v) is 7.92. The number of oxazole rings is 1. The Balaban J connectivity index is 1.30. The molecule has 1 aliphatic heterocycles. The number of halogens is 4. The average molecular weight is 464 g/mol. The van der Waals surface area contributed by atoms with Crippen molar-refractivity contribution < 1.29 is 22.4 Å². The first-order chi connectivity index (χ1) is 15.3. The monoisotopic (exact) mass is 463 g/mol. The molecular formula is C23H21ClF3N3O2. The highest BCUT2D eigenvalue weighted by molar-refractivity contribution is 6.33. The van der Waals surface area contributed by atoms with E-state index >= 15 is 0 Å². The summed E-state index contributed by atoms with van der Waals surface area (Å²) < 4.78 is 44.6. The number of alkyl halides is 3. The number of amides is 1. The van der Waals surface area contributed by atoms with E-state index < -0.39 is 11.7 Å². The topological polar surface area (TPSA) is 49.6 Å². The van der Waals surface area contributed by atoms with Crippen LogP contribution in [-0.2, 0) is 17.4 Å². The summed E-state index contributed by atoms with van der Waals surface area (Å²) in [5.74, 6) is 0.967. The summed E-state index contributed by atoms with van der Waals surface area (Å²) in [5.41, 5.74) is 0.583. The molecule has 1 aliphatic rings. The second kappa shape index (κ2) is 9.24. The third-order valence-electron chi connectivity index (χ3n) is 5.42. The van der Waals surface area contributed by atoms with Gasteiger partial charge < -0.3 is 14.2 Å². The predicted octanol–water partition coefficient (Wildman–Crippen LogP) is 5.30. The van der Waals surface area contributed by atoms with E-state index in [2.05, 4.69) is 4.98 Å². The minimum atomic E-state index is -4.38. The van der Waals surface area contributed by atoms with Gasteiger partial charge in [-0.25, -0.2) is 4.98 Å². The maximum absolute atomic E-state index is 13.0. The van der Waals surface area contributed by atoms with Gasteiger partial charge in [-0.1, -0.05) is 29.8 Å². The highest BCUT2D eigenvalue weighted by Crippen LogP contribution is 2.32. The Hall–Kier alpha value is -3.00. The van der Waals surface area contributed by atoms with Crippen molar-refractivity contribution >= 4 is 23.2 Å². The molecule has 0 spiro atoms. The Bertz CT molecular complexity index is 1090. The van der Waals surface area contributed by atoms with Gasteiger partial charge in [-0.05, 0) is 30.3 Å². The van der Waals surface area contributed by atoms with Crippen molar-refractivity contribution in [1.82, 2.24) is 9.88 Å². The van der Waals surface area contributed by atoms with Gasteiger partial charge in [0.25, 0.3) is 0 Å². The molecule has 2 heterocycles. The Morgan fingerprint density at radius 2 is 1.81 bits per heavy atom. The molecule has 1 fully saturated rings. The van der Waals surface area contributed by atoms with Crippen LogP contribution in [0.1, 0.15) is 17.9 Å². The van der Waals surface area contributed by atoms with Crippen LogP contribution in [0.15, 0.2) is 59.1 Å². The fourth-order valence-corrected chi connectivity index (χ4v) is 3.91. The Labute approximate surface area is 188 Å². The van der Waals surface area contributed by atoms with Crippen LogP contribution in [0.3, 0.4) is 0 Å². The lowest BCUT2D eigenvalue weighted by molar-refractivity contribution is -0.137. The number of aryl methyl sites for hydroxylation is 1. The van der Waals surface area contributed by atoms with Gasteiger partial charge in [0.1, 0.15) is 0 Å². The Morgan fingerprint density at radius 3 is 2.53 bits per heavy atom. The zero-order chi connectivity index (χ0) is 22.7. The molecular weight excluding hydrogens is 443 g/mol. The summed E-state index contributed by atoms with van der Waals surface area (Å²) in [4.78, 5) is 20.4. The van der Waals surface area contributed by atoms with E-state index in [-0.39, 0.29) is 12.3 Å². The van der Waals surface area contributed by atoms with Crippen molar-refractivity contribution in [2.45, 2.75) is 19.0 Å². The van der Waals surface area contributed by atoms with E-state index in [9.17, 15) is 18.0 Å². The second-order valence-electron chi connectivity index (χ2n) is 7.51. The van der Waals surface area contributed by atoms with Gasteiger partial charge in [0.05, 0.1) is 16.8 Å². The molecule has 2 aromatic carbocycles. The third kappa shape index (κ3) is 5.07. The van der Waals surface area contributed by atoms with E-state index in [4.69, 9.17) is 16.0 Å². The molecule has 32 heavy (non-hydrogen) atoms. The zero-order valence-corrected chi connectivity index (χ0v) is 17.9. The van der Waals surface area contributed by atoms with Crippen molar-refractivity contribution in [2.75, 3.05) is 31.1 Å². The van der Waals surface area contributed by atoms with Crippen molar-refractivity contribution in [3.8, 4) is 11.3 Å². The number of hydrogen-bond donors (Lipinski definition) is 0. The number of carbonyl (C=O) groups is 1. The highest BCUT2D eigenvalue weighted by atomic mass is 35.5. The molecule has 0 unspecified atom stereocenters. The molecule has 168 valence electrons. The molecule has 0 atom stereocenters. The summed E-state index contributed by atoms with van der Waals surface area (Å²) >= 11 is 6.18. The molecule has 0 N–H and O–H groups in total. The molecule has 1 aromatic heterocycles. The number of anilines is 1. The quantitative estimate of drug-likeness (QED) is 0.515. The predicted molar refractivity (Wildman–Crippen MR) is 116 cm³/mol. The molecule has 9 heteroatoms. The van der Waals surface area contributed by atoms with Crippen LogP contribution in [0.5, 0.6) is 0 Å². The first-order valence-corrected chi connectivity index (χ1v) is 10.6. The molecule has 3 aromatic rings. The van der Waals surface area contributed by atoms with Crippen LogP contribution in [0.2, 0.25) is 5.02 Å². The summed E-state index contributed by atoms with van der Waals surface area (Å²) in [6.07, 6.45) is -2.18. The van der Waals surface area contributed by atoms with Crippen molar-refractivity contribution in [2.24, 2.45) is 0 Å². The van der Waals surface area contributed by atoms with Crippen LogP contribution >= 0.6 is 11.6 Å². The number of rotatable bonds is 5.